The van der Waals surface area contributed by atoms with Gasteiger partial charge in [-0.15, -0.1) is 11.3 Å². The van der Waals surface area contributed by atoms with Crippen molar-refractivity contribution in [1.82, 2.24) is 0 Å². The lowest BCUT2D eigenvalue weighted by Crippen LogP contribution is -2.16. The van der Waals surface area contributed by atoms with Crippen molar-refractivity contribution >= 4 is 52.1 Å². The van der Waals surface area contributed by atoms with E-state index in [9.17, 15) is 18.4 Å². The second-order valence-electron chi connectivity index (χ2n) is 4.61. The highest BCUT2D eigenvalue weighted by Gasteiger charge is 2.22. The van der Waals surface area contributed by atoms with Crippen molar-refractivity contribution in [1.29, 1.82) is 0 Å². The molecule has 1 N–H and O–H groups in total. The average Bonchev–Trinajstić information content (AvgIpc) is 2.92. The van der Waals surface area contributed by atoms with Crippen LogP contribution in [0.5, 0.6) is 11.5 Å². The van der Waals surface area contributed by atoms with E-state index in [0.717, 1.165) is 30.6 Å². The van der Waals surface area contributed by atoms with E-state index in [0.29, 0.717) is 0 Å². The number of methoxy groups -OCH3 is 2. The van der Waals surface area contributed by atoms with E-state index in [1.807, 2.05) is 0 Å². The number of benzene rings is 1. The van der Waals surface area contributed by atoms with Gasteiger partial charge in [0.1, 0.15) is 4.34 Å². The molecule has 0 atom stereocenters. The zero-order valence-electron chi connectivity index (χ0n) is 13.3. The summed E-state index contributed by atoms with van der Waals surface area (Å²) in [7, 11) is 2.33. The van der Waals surface area contributed by atoms with Crippen LogP contribution in [-0.4, -0.2) is 32.7 Å². The van der Waals surface area contributed by atoms with Gasteiger partial charge in [-0.1, -0.05) is 23.2 Å². The number of hydrogen-bond donors (Lipinski definition) is 1. The van der Waals surface area contributed by atoms with E-state index in [1.165, 1.54) is 13.2 Å². The summed E-state index contributed by atoms with van der Waals surface area (Å²) in [5.41, 5.74) is -0.196. The Labute approximate surface area is 160 Å². The zero-order valence-corrected chi connectivity index (χ0v) is 15.6. The summed E-state index contributed by atoms with van der Waals surface area (Å²) in [5, 5.41) is 2.40. The Bertz CT molecular complexity index is 844. The number of halogens is 4. The van der Waals surface area contributed by atoms with Gasteiger partial charge >= 0.3 is 12.6 Å². The lowest BCUT2D eigenvalue weighted by Gasteiger charge is -2.15. The summed E-state index contributed by atoms with van der Waals surface area (Å²) in [5.74, 6) is -2.03. The van der Waals surface area contributed by atoms with Crippen LogP contribution >= 0.6 is 34.5 Å². The first kappa shape index (κ1) is 20.2. The van der Waals surface area contributed by atoms with Crippen molar-refractivity contribution < 1.29 is 32.6 Å². The van der Waals surface area contributed by atoms with Crippen molar-refractivity contribution in [3.8, 4) is 11.5 Å². The summed E-state index contributed by atoms with van der Waals surface area (Å²) < 4.78 is 39.5. The third kappa shape index (κ3) is 4.54. The van der Waals surface area contributed by atoms with Gasteiger partial charge in [0.15, 0.2) is 11.5 Å². The molecule has 0 unspecified atom stereocenters. The zero-order chi connectivity index (χ0) is 19.4. The molecule has 140 valence electrons. The molecule has 0 fully saturated rings. The normalized spacial score (nSPS) is 10.6. The quantitative estimate of drug-likeness (QED) is 0.678. The molecule has 0 saturated heterocycles. The number of esters is 1. The molecule has 1 aromatic carbocycles. The van der Waals surface area contributed by atoms with E-state index in [-0.39, 0.29) is 37.0 Å². The molecule has 0 radical (unpaired) electrons. The van der Waals surface area contributed by atoms with E-state index < -0.39 is 18.5 Å². The minimum absolute atomic E-state index is 0.0598. The van der Waals surface area contributed by atoms with Crippen LogP contribution in [0.3, 0.4) is 0 Å². The van der Waals surface area contributed by atoms with Gasteiger partial charge in [-0.2, -0.15) is 8.78 Å². The molecule has 2 rings (SSSR count). The first-order valence-corrected chi connectivity index (χ1v) is 8.35. The van der Waals surface area contributed by atoms with Gasteiger partial charge in [0, 0.05) is 12.1 Å². The Morgan fingerprint density at radius 2 is 1.81 bits per heavy atom. The van der Waals surface area contributed by atoms with Crippen molar-refractivity contribution in [3.05, 3.63) is 38.0 Å². The number of carbonyl (C=O) groups is 2. The second-order valence-corrected chi connectivity index (χ2v) is 6.90. The average molecular weight is 426 g/mol. The molecule has 1 aromatic heterocycles. The smallest absolute Gasteiger partial charge is 0.387 e. The van der Waals surface area contributed by atoms with Crippen molar-refractivity contribution in [3.63, 3.8) is 0 Å². The molecule has 26 heavy (non-hydrogen) atoms. The molecule has 0 spiro atoms. The number of nitrogens with one attached hydrogen (secondary N) is 1. The Kier molecular flexibility index (Phi) is 6.63. The van der Waals surface area contributed by atoms with Gasteiger partial charge < -0.3 is 19.5 Å². The fourth-order valence-electron chi connectivity index (χ4n) is 1.97. The molecule has 2 aromatic rings. The highest BCUT2D eigenvalue weighted by molar-refractivity contribution is 7.20. The van der Waals surface area contributed by atoms with Crippen molar-refractivity contribution in [2.24, 2.45) is 0 Å². The van der Waals surface area contributed by atoms with Gasteiger partial charge in [-0.25, -0.2) is 4.79 Å². The Morgan fingerprint density at radius 1 is 1.12 bits per heavy atom. The number of rotatable bonds is 6. The van der Waals surface area contributed by atoms with Gasteiger partial charge in [0.05, 0.1) is 35.4 Å². The number of ether oxygens (including phenoxy) is 3. The van der Waals surface area contributed by atoms with E-state index in [4.69, 9.17) is 27.9 Å². The maximum absolute atomic E-state index is 12.6. The molecule has 6 nitrogen and oxygen atoms in total. The first-order chi connectivity index (χ1) is 12.3. The molecule has 0 aliphatic rings. The van der Waals surface area contributed by atoms with E-state index in [2.05, 4.69) is 14.8 Å². The molecule has 11 heteroatoms. The molecule has 0 saturated carbocycles. The van der Waals surface area contributed by atoms with E-state index >= 15 is 0 Å². The number of hydrogen-bond acceptors (Lipinski definition) is 6. The van der Waals surface area contributed by atoms with Crippen LogP contribution in [0, 0.1) is 0 Å². The van der Waals surface area contributed by atoms with Gasteiger partial charge in [-0.3, -0.25) is 4.79 Å². The molecule has 0 bridgehead atoms. The number of carbonyl (C=O) groups excluding carboxylic acids is 2. The summed E-state index contributed by atoms with van der Waals surface area (Å²) in [4.78, 5) is 24.3. The van der Waals surface area contributed by atoms with Crippen LogP contribution in [0.15, 0.2) is 18.2 Å². The lowest BCUT2D eigenvalue weighted by molar-refractivity contribution is -0.0511. The minimum Gasteiger partial charge on any atom is -0.493 e. The molecular formula is C15H11Cl2F2NO5S. The predicted octanol–water partition coefficient (Wildman–Crippen LogP) is 4.70. The van der Waals surface area contributed by atoms with Crippen LogP contribution in [0.2, 0.25) is 8.67 Å². The van der Waals surface area contributed by atoms with Crippen molar-refractivity contribution in [2.75, 3.05) is 19.5 Å². The summed E-state index contributed by atoms with van der Waals surface area (Å²) in [6.07, 6.45) is 0. The SMILES string of the molecule is COC(=O)c1cc(OC)c(OC(F)F)cc1NC(=O)c1cc(Cl)sc1Cl. The molecule has 1 heterocycles. The van der Waals surface area contributed by atoms with Gasteiger partial charge in [-0.05, 0) is 6.07 Å². The fourth-order valence-corrected chi connectivity index (χ4v) is 3.43. The summed E-state index contributed by atoms with van der Waals surface area (Å²) in [6.45, 7) is -3.14. The van der Waals surface area contributed by atoms with Crippen LogP contribution in [0.1, 0.15) is 20.7 Å². The van der Waals surface area contributed by atoms with Crippen LogP contribution in [-0.2, 0) is 4.74 Å². The molecule has 0 aliphatic carbocycles. The highest BCUT2D eigenvalue weighted by Crippen LogP contribution is 2.36. The largest absolute Gasteiger partial charge is 0.493 e. The standard InChI is InChI=1S/C15H11Cl2F2NO5S/c1-23-9-3-6(14(22)24-2)8(5-10(9)25-15(18)19)20-13(21)7-4-11(16)26-12(7)17/h3-5,15H,1-2H3,(H,20,21). The lowest BCUT2D eigenvalue weighted by atomic mass is 10.1. The molecular weight excluding hydrogens is 415 g/mol. The topological polar surface area (TPSA) is 73.9 Å². The number of anilines is 1. The molecule has 0 aliphatic heterocycles. The fraction of sp³-hybridized carbons (Fsp3) is 0.200. The Balaban J connectivity index is 2.48. The summed E-state index contributed by atoms with van der Waals surface area (Å²) in [6, 6.07) is 3.47. The van der Waals surface area contributed by atoms with Gasteiger partial charge in [0.25, 0.3) is 5.91 Å². The van der Waals surface area contributed by atoms with Crippen LogP contribution in [0.25, 0.3) is 0 Å². The maximum atomic E-state index is 12.6. The minimum atomic E-state index is -3.14. The van der Waals surface area contributed by atoms with Crippen molar-refractivity contribution in [2.45, 2.75) is 6.61 Å². The van der Waals surface area contributed by atoms with Crippen LogP contribution < -0.4 is 14.8 Å². The number of thiophene rings is 1. The monoisotopic (exact) mass is 425 g/mol. The number of alkyl halides is 2. The van der Waals surface area contributed by atoms with E-state index in [1.54, 1.807) is 0 Å². The Hall–Kier alpha value is -2.10. The summed E-state index contributed by atoms with van der Waals surface area (Å²) >= 11 is 12.7. The third-order valence-electron chi connectivity index (χ3n) is 3.07. The second kappa shape index (κ2) is 8.52. The first-order valence-electron chi connectivity index (χ1n) is 6.78. The van der Waals surface area contributed by atoms with Crippen LogP contribution in [0.4, 0.5) is 14.5 Å². The predicted molar refractivity (Wildman–Crippen MR) is 93.3 cm³/mol. The Morgan fingerprint density at radius 3 is 2.31 bits per heavy atom. The highest BCUT2D eigenvalue weighted by atomic mass is 35.5. The maximum Gasteiger partial charge on any atom is 0.387 e. The third-order valence-corrected chi connectivity index (χ3v) is 4.56. The number of amides is 1. The van der Waals surface area contributed by atoms with Gasteiger partial charge in [0.2, 0.25) is 0 Å². The molecule has 1 amide bonds.